The smallest absolute Gasteiger partial charge is 0.180 e. The summed E-state index contributed by atoms with van der Waals surface area (Å²) in [6.45, 7) is 4.45. The zero-order chi connectivity index (χ0) is 13.2. The fourth-order valence-corrected chi connectivity index (χ4v) is 3.68. The number of nitrogens with two attached hydrogens (primary N) is 1. The molecular weight excluding hydrogens is 254 g/mol. The first kappa shape index (κ1) is 12.6. The monoisotopic (exact) mass is 273 g/mol. The molecule has 1 aromatic heterocycles. The minimum atomic E-state index is 0.575. The van der Waals surface area contributed by atoms with Gasteiger partial charge in [0.15, 0.2) is 5.13 Å². The van der Waals surface area contributed by atoms with Gasteiger partial charge in [0.1, 0.15) is 0 Å². The maximum Gasteiger partial charge on any atom is 0.180 e. The molecule has 19 heavy (non-hydrogen) atoms. The topological polar surface area (TPSA) is 42.2 Å². The number of likely N-dealkylation sites (tertiary alicyclic amines) is 1. The molecule has 2 heterocycles. The van der Waals surface area contributed by atoms with Crippen LogP contribution < -0.4 is 5.73 Å². The Kier molecular flexibility index (Phi) is 3.53. The van der Waals surface area contributed by atoms with E-state index >= 15 is 0 Å². The van der Waals surface area contributed by atoms with E-state index < -0.39 is 0 Å². The molecule has 1 fully saturated rings. The molecule has 2 unspecified atom stereocenters. The van der Waals surface area contributed by atoms with Crippen molar-refractivity contribution < 1.29 is 0 Å². The van der Waals surface area contributed by atoms with Crippen molar-refractivity contribution in [2.45, 2.75) is 31.8 Å². The van der Waals surface area contributed by atoms with E-state index in [2.05, 4.69) is 47.1 Å². The van der Waals surface area contributed by atoms with Crippen molar-refractivity contribution in [1.29, 1.82) is 0 Å². The van der Waals surface area contributed by atoms with E-state index in [0.717, 1.165) is 13.1 Å². The molecule has 3 rings (SSSR count). The van der Waals surface area contributed by atoms with E-state index in [9.17, 15) is 0 Å². The standard InChI is InChI=1S/C15H19N3S/c1-11-14(12-5-3-2-4-6-12)7-8-18(11)10-13-9-17-15(16)19-13/h2-6,9,11,14H,7-8,10H2,1H3,(H2,16,17). The van der Waals surface area contributed by atoms with Crippen LogP contribution in [0.25, 0.3) is 0 Å². The Morgan fingerprint density at radius 3 is 2.84 bits per heavy atom. The average Bonchev–Trinajstić information content (AvgIpc) is 2.99. The van der Waals surface area contributed by atoms with E-state index in [1.807, 2.05) is 6.20 Å². The quantitative estimate of drug-likeness (QED) is 0.934. The summed E-state index contributed by atoms with van der Waals surface area (Å²) in [6, 6.07) is 11.4. The Hall–Kier alpha value is -1.39. The SMILES string of the molecule is CC1C(c2ccccc2)CCN1Cc1cnc(N)s1. The van der Waals surface area contributed by atoms with Gasteiger partial charge in [-0.15, -0.1) is 11.3 Å². The Bertz CT molecular complexity index is 537. The van der Waals surface area contributed by atoms with Crippen LogP contribution in [0.1, 0.15) is 29.7 Å². The average molecular weight is 273 g/mol. The maximum atomic E-state index is 5.69. The third-order valence-corrected chi connectivity index (χ3v) is 4.85. The van der Waals surface area contributed by atoms with Crippen molar-refractivity contribution in [3.8, 4) is 0 Å². The summed E-state index contributed by atoms with van der Waals surface area (Å²) >= 11 is 1.60. The number of aromatic nitrogens is 1. The Morgan fingerprint density at radius 2 is 2.16 bits per heavy atom. The second-order valence-electron chi connectivity index (χ2n) is 5.18. The highest BCUT2D eigenvalue weighted by atomic mass is 32.1. The molecule has 4 heteroatoms. The lowest BCUT2D eigenvalue weighted by Gasteiger charge is -2.24. The minimum Gasteiger partial charge on any atom is -0.375 e. The highest BCUT2D eigenvalue weighted by Crippen LogP contribution is 2.34. The van der Waals surface area contributed by atoms with Crippen LogP contribution >= 0.6 is 11.3 Å². The van der Waals surface area contributed by atoms with Crippen molar-refractivity contribution in [3.63, 3.8) is 0 Å². The molecule has 0 aliphatic carbocycles. The molecule has 1 aliphatic heterocycles. The van der Waals surface area contributed by atoms with Gasteiger partial charge < -0.3 is 5.73 Å². The van der Waals surface area contributed by atoms with Crippen molar-refractivity contribution >= 4 is 16.5 Å². The number of rotatable bonds is 3. The molecular formula is C15H19N3S. The number of nitrogen functional groups attached to an aromatic ring is 1. The second-order valence-corrected chi connectivity index (χ2v) is 6.33. The summed E-state index contributed by atoms with van der Waals surface area (Å²) in [6.07, 6.45) is 3.14. The summed E-state index contributed by atoms with van der Waals surface area (Å²) in [4.78, 5) is 7.92. The van der Waals surface area contributed by atoms with Crippen LogP contribution in [0.5, 0.6) is 0 Å². The Morgan fingerprint density at radius 1 is 1.37 bits per heavy atom. The molecule has 100 valence electrons. The molecule has 1 aromatic carbocycles. The molecule has 3 nitrogen and oxygen atoms in total. The highest BCUT2D eigenvalue weighted by Gasteiger charge is 2.31. The summed E-state index contributed by atoms with van der Waals surface area (Å²) in [7, 11) is 0. The first-order valence-corrected chi connectivity index (χ1v) is 7.55. The fraction of sp³-hybridized carbons (Fsp3) is 0.400. The molecule has 0 amide bonds. The first-order chi connectivity index (χ1) is 9.24. The largest absolute Gasteiger partial charge is 0.375 e. The molecule has 2 N–H and O–H groups in total. The van der Waals surface area contributed by atoms with E-state index in [-0.39, 0.29) is 0 Å². The first-order valence-electron chi connectivity index (χ1n) is 6.73. The Balaban J connectivity index is 1.70. The zero-order valence-corrected chi connectivity index (χ0v) is 11.9. The van der Waals surface area contributed by atoms with Crippen LogP contribution in [0.3, 0.4) is 0 Å². The molecule has 1 aliphatic rings. The van der Waals surface area contributed by atoms with Crippen molar-refractivity contribution in [1.82, 2.24) is 9.88 Å². The van der Waals surface area contributed by atoms with E-state index in [1.165, 1.54) is 16.9 Å². The number of benzene rings is 1. The van der Waals surface area contributed by atoms with Gasteiger partial charge in [-0.1, -0.05) is 30.3 Å². The predicted molar refractivity (Wildman–Crippen MR) is 80.2 cm³/mol. The number of thiazole rings is 1. The number of hydrogen-bond acceptors (Lipinski definition) is 4. The summed E-state index contributed by atoms with van der Waals surface area (Å²) in [5.41, 5.74) is 7.15. The number of hydrogen-bond donors (Lipinski definition) is 1. The molecule has 1 saturated heterocycles. The molecule has 0 spiro atoms. The maximum absolute atomic E-state index is 5.69. The molecule has 0 saturated carbocycles. The number of anilines is 1. The van der Waals surface area contributed by atoms with Crippen LogP contribution in [0.2, 0.25) is 0 Å². The molecule has 2 aromatic rings. The lowest BCUT2D eigenvalue weighted by atomic mass is 9.93. The summed E-state index contributed by atoms with van der Waals surface area (Å²) in [5, 5.41) is 0.668. The normalized spacial score (nSPS) is 23.8. The molecule has 0 bridgehead atoms. The second kappa shape index (κ2) is 5.31. The van der Waals surface area contributed by atoms with Gasteiger partial charge in [0, 0.05) is 29.6 Å². The third kappa shape index (κ3) is 2.65. The van der Waals surface area contributed by atoms with Crippen LogP contribution in [-0.4, -0.2) is 22.5 Å². The zero-order valence-electron chi connectivity index (χ0n) is 11.1. The van der Waals surface area contributed by atoms with Crippen molar-refractivity contribution in [2.24, 2.45) is 0 Å². The van der Waals surface area contributed by atoms with Crippen LogP contribution in [0.4, 0.5) is 5.13 Å². The minimum absolute atomic E-state index is 0.575. The van der Waals surface area contributed by atoms with E-state index in [0.29, 0.717) is 17.1 Å². The van der Waals surface area contributed by atoms with Gasteiger partial charge in [0.05, 0.1) is 0 Å². The van der Waals surface area contributed by atoms with Gasteiger partial charge in [-0.05, 0) is 25.5 Å². The Labute approximate surface area is 118 Å². The predicted octanol–water partition coefficient (Wildman–Crippen LogP) is 3.10. The van der Waals surface area contributed by atoms with Crippen molar-refractivity contribution in [3.05, 3.63) is 47.0 Å². The van der Waals surface area contributed by atoms with Gasteiger partial charge in [-0.3, -0.25) is 4.90 Å². The van der Waals surface area contributed by atoms with Crippen LogP contribution in [0, 0.1) is 0 Å². The molecule has 0 radical (unpaired) electrons. The van der Waals surface area contributed by atoms with Crippen LogP contribution in [-0.2, 0) is 6.54 Å². The fourth-order valence-electron chi connectivity index (χ4n) is 2.97. The van der Waals surface area contributed by atoms with Gasteiger partial charge >= 0.3 is 0 Å². The van der Waals surface area contributed by atoms with Crippen LogP contribution in [0.15, 0.2) is 36.5 Å². The van der Waals surface area contributed by atoms with E-state index in [4.69, 9.17) is 5.73 Å². The number of nitrogens with zero attached hydrogens (tertiary/aromatic N) is 2. The van der Waals surface area contributed by atoms with Gasteiger partial charge in [0.2, 0.25) is 0 Å². The summed E-state index contributed by atoms with van der Waals surface area (Å²) in [5.74, 6) is 0.645. The molecule has 2 atom stereocenters. The third-order valence-electron chi connectivity index (χ3n) is 4.04. The lowest BCUT2D eigenvalue weighted by Crippen LogP contribution is -2.28. The van der Waals surface area contributed by atoms with E-state index in [1.54, 1.807) is 11.3 Å². The van der Waals surface area contributed by atoms with Gasteiger partial charge in [0.25, 0.3) is 0 Å². The lowest BCUT2D eigenvalue weighted by molar-refractivity contribution is 0.253. The summed E-state index contributed by atoms with van der Waals surface area (Å²) < 4.78 is 0. The van der Waals surface area contributed by atoms with Gasteiger partial charge in [-0.2, -0.15) is 0 Å². The highest BCUT2D eigenvalue weighted by molar-refractivity contribution is 7.15. The van der Waals surface area contributed by atoms with Crippen molar-refractivity contribution in [2.75, 3.05) is 12.3 Å². The van der Waals surface area contributed by atoms with Gasteiger partial charge in [-0.25, -0.2) is 4.98 Å².